The van der Waals surface area contributed by atoms with Crippen molar-refractivity contribution in [3.05, 3.63) is 35.5 Å². The smallest absolute Gasteiger partial charge is 0.0100 e. The number of rotatable bonds is 8. The molecule has 0 saturated heterocycles. The van der Waals surface area contributed by atoms with Gasteiger partial charge in [0, 0.05) is 5.41 Å². The maximum atomic E-state index is 4.18. The molecule has 0 rings (SSSR count). The van der Waals surface area contributed by atoms with Crippen LogP contribution in [-0.4, -0.2) is 0 Å². The lowest BCUT2D eigenvalue weighted by Gasteiger charge is -2.33. The predicted molar refractivity (Wildman–Crippen MR) is 98.5 cm³/mol. The first-order valence-electron chi connectivity index (χ1n) is 8.50. The molecule has 0 heteroatoms. The van der Waals surface area contributed by atoms with E-state index in [9.17, 15) is 0 Å². The maximum absolute atomic E-state index is 4.18. The minimum absolute atomic E-state index is 0.0703. The van der Waals surface area contributed by atoms with Gasteiger partial charge in [0.2, 0.25) is 0 Å². The molecule has 0 aromatic heterocycles. The Hall–Kier alpha value is -0.780. The standard InChI is InChI=1S/C21H38/c1-15(2)11-12-18(7)19(8)14-21(10,13-16(3)4)20(9)17(5)6/h13-15,18,20H,5,11-12H2,1-4,6-10H3. The molecule has 0 bridgehead atoms. The normalized spacial score (nSPS) is 18.1. The Morgan fingerprint density at radius 3 is 1.86 bits per heavy atom. The summed E-state index contributed by atoms with van der Waals surface area (Å²) in [6.07, 6.45) is 7.49. The van der Waals surface area contributed by atoms with Crippen LogP contribution in [0.15, 0.2) is 35.5 Å². The Kier molecular flexibility index (Phi) is 8.29. The van der Waals surface area contributed by atoms with Crippen molar-refractivity contribution in [3.63, 3.8) is 0 Å². The SMILES string of the molecule is C=C(C)C(C)C(C)(C=C(C)C)C=C(C)C(C)CCC(C)C. The van der Waals surface area contributed by atoms with Gasteiger partial charge in [0.1, 0.15) is 0 Å². The monoisotopic (exact) mass is 290 g/mol. The van der Waals surface area contributed by atoms with Crippen LogP contribution in [0.1, 0.15) is 75.2 Å². The Morgan fingerprint density at radius 1 is 0.952 bits per heavy atom. The first-order chi connectivity index (χ1) is 9.49. The summed E-state index contributed by atoms with van der Waals surface area (Å²) in [5.74, 6) is 1.91. The van der Waals surface area contributed by atoms with Crippen LogP contribution in [0.4, 0.5) is 0 Å². The molecule has 3 atom stereocenters. The second-order valence-corrected chi connectivity index (χ2v) is 7.92. The van der Waals surface area contributed by atoms with Crippen molar-refractivity contribution in [3.8, 4) is 0 Å². The van der Waals surface area contributed by atoms with Crippen LogP contribution in [0.2, 0.25) is 0 Å². The third kappa shape index (κ3) is 7.16. The molecule has 122 valence electrons. The molecule has 0 saturated carbocycles. The zero-order valence-electron chi connectivity index (χ0n) is 16.0. The fourth-order valence-corrected chi connectivity index (χ4v) is 2.89. The number of hydrogen-bond acceptors (Lipinski definition) is 0. The van der Waals surface area contributed by atoms with Crippen molar-refractivity contribution >= 4 is 0 Å². The number of allylic oxidation sites excluding steroid dienone is 5. The Balaban J connectivity index is 5.32. The molecule has 0 fully saturated rings. The first-order valence-corrected chi connectivity index (χ1v) is 8.50. The molecule has 0 heterocycles. The summed E-state index contributed by atoms with van der Waals surface area (Å²) in [5.41, 5.74) is 4.23. The van der Waals surface area contributed by atoms with Crippen LogP contribution in [0.5, 0.6) is 0 Å². The third-order valence-electron chi connectivity index (χ3n) is 4.76. The van der Waals surface area contributed by atoms with E-state index in [0.29, 0.717) is 11.8 Å². The van der Waals surface area contributed by atoms with E-state index < -0.39 is 0 Å². The summed E-state index contributed by atoms with van der Waals surface area (Å²) in [6, 6.07) is 0. The highest BCUT2D eigenvalue weighted by molar-refractivity contribution is 5.23. The van der Waals surface area contributed by atoms with Crippen molar-refractivity contribution in [1.29, 1.82) is 0 Å². The average Bonchev–Trinajstić information content (AvgIpc) is 2.33. The van der Waals surface area contributed by atoms with Crippen LogP contribution in [-0.2, 0) is 0 Å². The van der Waals surface area contributed by atoms with E-state index in [1.54, 1.807) is 0 Å². The highest BCUT2D eigenvalue weighted by atomic mass is 14.3. The Morgan fingerprint density at radius 2 is 1.48 bits per heavy atom. The summed E-state index contributed by atoms with van der Waals surface area (Å²) in [7, 11) is 0. The molecule has 0 spiro atoms. The summed E-state index contributed by atoms with van der Waals surface area (Å²) in [4.78, 5) is 0. The Labute approximate surface area is 134 Å². The van der Waals surface area contributed by atoms with Gasteiger partial charge in [-0.05, 0) is 51.9 Å². The van der Waals surface area contributed by atoms with Gasteiger partial charge in [0.05, 0.1) is 0 Å². The number of hydrogen-bond donors (Lipinski definition) is 0. The lowest BCUT2D eigenvalue weighted by atomic mass is 9.72. The van der Waals surface area contributed by atoms with Crippen molar-refractivity contribution in [2.24, 2.45) is 23.2 Å². The van der Waals surface area contributed by atoms with Gasteiger partial charge in [-0.25, -0.2) is 0 Å². The van der Waals surface area contributed by atoms with E-state index >= 15 is 0 Å². The molecule has 3 unspecified atom stereocenters. The van der Waals surface area contributed by atoms with Crippen LogP contribution in [0, 0.1) is 23.2 Å². The van der Waals surface area contributed by atoms with E-state index in [0.717, 1.165) is 5.92 Å². The van der Waals surface area contributed by atoms with Crippen LogP contribution < -0.4 is 0 Å². The highest BCUT2D eigenvalue weighted by Crippen LogP contribution is 2.38. The Bertz CT molecular complexity index is 390. The van der Waals surface area contributed by atoms with Crippen LogP contribution in [0.3, 0.4) is 0 Å². The largest absolute Gasteiger partial charge is 0.0998 e. The molecule has 0 nitrogen and oxygen atoms in total. The van der Waals surface area contributed by atoms with E-state index in [1.807, 2.05) is 0 Å². The quantitative estimate of drug-likeness (QED) is 0.415. The average molecular weight is 291 g/mol. The van der Waals surface area contributed by atoms with Crippen molar-refractivity contribution < 1.29 is 0 Å². The molecule has 0 aliphatic carbocycles. The maximum Gasteiger partial charge on any atom is 0.0100 e. The summed E-state index contributed by atoms with van der Waals surface area (Å²) in [6.45, 7) is 24.6. The topological polar surface area (TPSA) is 0 Å². The molecule has 0 N–H and O–H groups in total. The summed E-state index contributed by atoms with van der Waals surface area (Å²) < 4.78 is 0. The van der Waals surface area contributed by atoms with E-state index in [2.05, 4.69) is 81.0 Å². The highest BCUT2D eigenvalue weighted by Gasteiger charge is 2.27. The molecule has 0 aliphatic heterocycles. The van der Waals surface area contributed by atoms with Crippen LogP contribution in [0.25, 0.3) is 0 Å². The van der Waals surface area contributed by atoms with Gasteiger partial charge < -0.3 is 0 Å². The molecule has 0 aromatic rings. The van der Waals surface area contributed by atoms with Gasteiger partial charge in [-0.15, -0.1) is 0 Å². The van der Waals surface area contributed by atoms with Crippen molar-refractivity contribution in [1.82, 2.24) is 0 Å². The summed E-state index contributed by atoms with van der Waals surface area (Å²) >= 11 is 0. The van der Waals surface area contributed by atoms with Crippen LogP contribution >= 0.6 is 0 Å². The molecule has 0 amide bonds. The minimum atomic E-state index is 0.0703. The zero-order valence-corrected chi connectivity index (χ0v) is 16.0. The molecule has 21 heavy (non-hydrogen) atoms. The van der Waals surface area contributed by atoms with Crippen molar-refractivity contribution in [2.75, 3.05) is 0 Å². The summed E-state index contributed by atoms with van der Waals surface area (Å²) in [5, 5.41) is 0. The molecular formula is C21H38. The second-order valence-electron chi connectivity index (χ2n) is 7.92. The lowest BCUT2D eigenvalue weighted by Crippen LogP contribution is -2.23. The van der Waals surface area contributed by atoms with Gasteiger partial charge >= 0.3 is 0 Å². The second kappa shape index (κ2) is 8.61. The van der Waals surface area contributed by atoms with Gasteiger partial charge in [-0.2, -0.15) is 0 Å². The fourth-order valence-electron chi connectivity index (χ4n) is 2.89. The lowest BCUT2D eigenvalue weighted by molar-refractivity contribution is 0.393. The minimum Gasteiger partial charge on any atom is -0.0998 e. The van der Waals surface area contributed by atoms with E-state index in [1.165, 1.54) is 29.6 Å². The van der Waals surface area contributed by atoms with E-state index in [-0.39, 0.29) is 5.41 Å². The van der Waals surface area contributed by atoms with Gasteiger partial charge in [0.25, 0.3) is 0 Å². The zero-order chi connectivity index (χ0) is 16.8. The molecule has 0 aliphatic rings. The third-order valence-corrected chi connectivity index (χ3v) is 4.76. The molecule has 0 aromatic carbocycles. The van der Waals surface area contributed by atoms with Gasteiger partial charge in [-0.1, -0.05) is 76.5 Å². The fraction of sp³-hybridized carbons (Fsp3) is 0.714. The molecule has 0 radical (unpaired) electrons. The van der Waals surface area contributed by atoms with Gasteiger partial charge in [0.15, 0.2) is 0 Å². The van der Waals surface area contributed by atoms with E-state index in [4.69, 9.17) is 0 Å². The van der Waals surface area contributed by atoms with Crippen molar-refractivity contribution in [2.45, 2.75) is 75.2 Å². The molecular weight excluding hydrogens is 252 g/mol. The predicted octanol–water partition coefficient (Wildman–Crippen LogP) is 7.19. The first kappa shape index (κ1) is 20.2. The van der Waals surface area contributed by atoms with Gasteiger partial charge in [-0.3, -0.25) is 0 Å².